The van der Waals surface area contributed by atoms with Crippen LogP contribution in [0.2, 0.25) is 0 Å². The largest absolute Gasteiger partial charge is 0.476 e. The van der Waals surface area contributed by atoms with E-state index in [4.69, 9.17) is 0 Å². The fraction of sp³-hybridized carbons (Fsp3) is 0. The van der Waals surface area contributed by atoms with Gasteiger partial charge >= 0.3 is 5.97 Å². The highest BCUT2D eigenvalue weighted by atomic mass is 16.4. The molecule has 3 rings (SSSR count). The van der Waals surface area contributed by atoms with Crippen molar-refractivity contribution in [2.45, 2.75) is 0 Å². The number of rotatable bonds is 3. The van der Waals surface area contributed by atoms with Crippen LogP contribution in [0.15, 0.2) is 54.6 Å². The fourth-order valence-corrected chi connectivity index (χ4v) is 2.00. The van der Waals surface area contributed by atoms with Crippen molar-refractivity contribution in [1.82, 2.24) is 10.2 Å². The van der Waals surface area contributed by atoms with Crippen LogP contribution in [-0.2, 0) is 0 Å². The van der Waals surface area contributed by atoms with Gasteiger partial charge in [0.25, 0.3) is 0 Å². The van der Waals surface area contributed by atoms with Crippen LogP contribution >= 0.6 is 0 Å². The van der Waals surface area contributed by atoms with E-state index in [-0.39, 0.29) is 5.69 Å². The summed E-state index contributed by atoms with van der Waals surface area (Å²) in [7, 11) is 0. The van der Waals surface area contributed by atoms with Crippen LogP contribution in [0.25, 0.3) is 10.9 Å². The van der Waals surface area contributed by atoms with Gasteiger partial charge in [0.05, 0.1) is 11.2 Å². The van der Waals surface area contributed by atoms with E-state index in [1.54, 1.807) is 6.07 Å². The molecule has 0 unspecified atom stereocenters. The molecule has 5 nitrogen and oxygen atoms in total. The molecule has 0 aliphatic heterocycles. The lowest BCUT2D eigenvalue weighted by Gasteiger charge is -2.11. The van der Waals surface area contributed by atoms with Gasteiger partial charge in [0, 0.05) is 11.1 Å². The normalized spacial score (nSPS) is 10.4. The summed E-state index contributed by atoms with van der Waals surface area (Å²) < 4.78 is 0. The first-order chi connectivity index (χ1) is 9.75. The molecule has 0 amide bonds. The molecule has 0 aliphatic carbocycles. The molecule has 0 fully saturated rings. The number of fused-ring (bicyclic) bond motifs is 1. The molecule has 2 aromatic carbocycles. The predicted octanol–water partition coefficient (Wildman–Crippen LogP) is 3.07. The lowest BCUT2D eigenvalue weighted by Crippen LogP contribution is -2.08. The van der Waals surface area contributed by atoms with E-state index >= 15 is 0 Å². The van der Waals surface area contributed by atoms with Gasteiger partial charge < -0.3 is 10.4 Å². The Bertz CT molecular complexity index is 772. The molecule has 98 valence electrons. The molecule has 3 aromatic rings. The summed E-state index contributed by atoms with van der Waals surface area (Å²) in [4.78, 5) is 11.3. The number of hydrogen-bond acceptors (Lipinski definition) is 4. The molecule has 1 heterocycles. The minimum atomic E-state index is -1.11. The van der Waals surface area contributed by atoms with Crippen molar-refractivity contribution in [3.05, 3.63) is 60.3 Å². The summed E-state index contributed by atoms with van der Waals surface area (Å²) in [6.07, 6.45) is 0. The van der Waals surface area contributed by atoms with Gasteiger partial charge in [0.1, 0.15) is 0 Å². The third-order valence-corrected chi connectivity index (χ3v) is 2.91. The molecule has 0 radical (unpaired) electrons. The summed E-state index contributed by atoms with van der Waals surface area (Å²) in [5.41, 5.74) is 1.81. The molecule has 0 bridgehead atoms. The summed E-state index contributed by atoms with van der Waals surface area (Å²) in [6.45, 7) is 0. The van der Waals surface area contributed by atoms with Crippen molar-refractivity contribution in [3.8, 4) is 0 Å². The second kappa shape index (κ2) is 4.97. The van der Waals surface area contributed by atoms with Crippen LogP contribution < -0.4 is 5.32 Å². The maximum absolute atomic E-state index is 11.3. The Balaban J connectivity index is 2.20. The third kappa shape index (κ3) is 2.16. The third-order valence-electron chi connectivity index (χ3n) is 2.91. The number of aromatic nitrogens is 2. The monoisotopic (exact) mass is 265 g/mol. The average molecular weight is 265 g/mol. The van der Waals surface area contributed by atoms with Gasteiger partial charge in [-0.1, -0.05) is 36.4 Å². The Morgan fingerprint density at radius 3 is 2.40 bits per heavy atom. The second-order valence-corrected chi connectivity index (χ2v) is 4.24. The van der Waals surface area contributed by atoms with Gasteiger partial charge in [0.15, 0.2) is 5.69 Å². The second-order valence-electron chi connectivity index (χ2n) is 4.24. The number of carboxylic acid groups (broad SMARTS) is 1. The minimum absolute atomic E-state index is 0.0902. The molecule has 1 aromatic heterocycles. The van der Waals surface area contributed by atoms with Crippen LogP contribution in [0, 0.1) is 0 Å². The summed E-state index contributed by atoms with van der Waals surface area (Å²) >= 11 is 0. The maximum Gasteiger partial charge on any atom is 0.358 e. The van der Waals surface area contributed by atoms with Crippen LogP contribution in [0.3, 0.4) is 0 Å². The Morgan fingerprint density at radius 1 is 0.950 bits per heavy atom. The van der Waals surface area contributed by atoms with Crippen molar-refractivity contribution in [2.24, 2.45) is 0 Å². The maximum atomic E-state index is 11.3. The van der Waals surface area contributed by atoms with E-state index in [0.29, 0.717) is 11.2 Å². The first-order valence-corrected chi connectivity index (χ1v) is 6.06. The van der Waals surface area contributed by atoms with Crippen LogP contribution in [-0.4, -0.2) is 21.3 Å². The number of hydrogen-bond donors (Lipinski definition) is 2. The van der Waals surface area contributed by atoms with Gasteiger partial charge in [-0.15, -0.1) is 10.2 Å². The Labute approximate surface area is 114 Å². The number of anilines is 2. The van der Waals surface area contributed by atoms with Gasteiger partial charge in [-0.2, -0.15) is 0 Å². The Morgan fingerprint density at radius 2 is 1.65 bits per heavy atom. The minimum Gasteiger partial charge on any atom is -0.476 e. The lowest BCUT2D eigenvalue weighted by molar-refractivity contribution is 0.0690. The Hall–Kier alpha value is -2.95. The zero-order valence-corrected chi connectivity index (χ0v) is 10.4. The highest BCUT2D eigenvalue weighted by molar-refractivity contribution is 6.03. The van der Waals surface area contributed by atoms with Gasteiger partial charge in [-0.05, 0) is 18.2 Å². The molecule has 2 N–H and O–H groups in total. The molecule has 5 heteroatoms. The SMILES string of the molecule is O=C(O)c1nnc2ccccc2c1Nc1ccccc1. The van der Waals surface area contributed by atoms with Crippen LogP contribution in [0.5, 0.6) is 0 Å². The average Bonchev–Trinajstić information content (AvgIpc) is 2.48. The van der Waals surface area contributed by atoms with Gasteiger partial charge in [0.2, 0.25) is 0 Å². The standard InChI is InChI=1S/C15H11N3O2/c19-15(20)14-13(16-10-6-2-1-3-7-10)11-8-4-5-9-12(11)17-18-14/h1-9H,(H,16,17)(H,19,20). The molecule has 0 aliphatic rings. The zero-order chi connectivity index (χ0) is 13.9. The number of nitrogens with zero attached hydrogens (tertiary/aromatic N) is 2. The quantitative estimate of drug-likeness (QED) is 0.761. The molecular weight excluding hydrogens is 254 g/mol. The van der Waals surface area contributed by atoms with Gasteiger partial charge in [-0.3, -0.25) is 0 Å². The predicted molar refractivity (Wildman–Crippen MR) is 76.2 cm³/mol. The number of aromatic carboxylic acids is 1. The Kier molecular flexibility index (Phi) is 3.01. The first-order valence-electron chi connectivity index (χ1n) is 6.06. The summed E-state index contributed by atoms with van der Waals surface area (Å²) in [5, 5.41) is 20.8. The topological polar surface area (TPSA) is 75.1 Å². The van der Waals surface area contributed by atoms with E-state index in [2.05, 4.69) is 15.5 Å². The van der Waals surface area contributed by atoms with Gasteiger partial charge in [-0.25, -0.2) is 4.79 Å². The number of carboxylic acids is 1. The summed E-state index contributed by atoms with van der Waals surface area (Å²) in [6, 6.07) is 16.7. The number of benzene rings is 2. The molecule has 0 spiro atoms. The van der Waals surface area contributed by atoms with E-state index < -0.39 is 5.97 Å². The highest BCUT2D eigenvalue weighted by Gasteiger charge is 2.16. The fourth-order valence-electron chi connectivity index (χ4n) is 2.00. The van der Waals surface area contributed by atoms with E-state index in [1.165, 1.54) is 0 Å². The first kappa shape index (κ1) is 12.1. The molecule has 0 saturated carbocycles. The van der Waals surface area contributed by atoms with Crippen molar-refractivity contribution in [1.29, 1.82) is 0 Å². The number of para-hydroxylation sites is 1. The molecular formula is C15H11N3O2. The van der Waals surface area contributed by atoms with Crippen molar-refractivity contribution < 1.29 is 9.90 Å². The van der Waals surface area contributed by atoms with Crippen molar-refractivity contribution in [3.63, 3.8) is 0 Å². The van der Waals surface area contributed by atoms with E-state index in [9.17, 15) is 9.90 Å². The summed E-state index contributed by atoms with van der Waals surface area (Å²) in [5.74, 6) is -1.11. The molecule has 0 saturated heterocycles. The molecule has 20 heavy (non-hydrogen) atoms. The van der Waals surface area contributed by atoms with E-state index in [1.807, 2.05) is 48.5 Å². The van der Waals surface area contributed by atoms with Crippen LogP contribution in [0.1, 0.15) is 10.5 Å². The number of nitrogens with one attached hydrogen (secondary N) is 1. The van der Waals surface area contributed by atoms with E-state index in [0.717, 1.165) is 11.1 Å². The highest BCUT2D eigenvalue weighted by Crippen LogP contribution is 2.27. The van der Waals surface area contributed by atoms with Crippen molar-refractivity contribution >= 4 is 28.2 Å². The van der Waals surface area contributed by atoms with Crippen molar-refractivity contribution in [2.75, 3.05) is 5.32 Å². The number of carbonyl (C=O) groups is 1. The smallest absolute Gasteiger partial charge is 0.358 e. The van der Waals surface area contributed by atoms with Crippen LogP contribution in [0.4, 0.5) is 11.4 Å². The molecule has 0 atom stereocenters. The lowest BCUT2D eigenvalue weighted by atomic mass is 10.1. The zero-order valence-electron chi connectivity index (χ0n) is 10.4.